The number of benzene rings is 3. The minimum absolute atomic E-state index is 0.170. The van der Waals surface area contributed by atoms with E-state index in [0.717, 1.165) is 11.1 Å². The summed E-state index contributed by atoms with van der Waals surface area (Å²) in [5.74, 6) is -0.170. The standard InChI is InChI=1S/C23H24N2O3S/c1-18-12-14-22(15-13-18)29(27,28)25(3)21-11-7-10-20(16-21)23(26)24(2)17-19-8-5-4-6-9-19/h4-16H,17H2,1-3H3. The molecule has 6 heteroatoms. The van der Waals surface area contributed by atoms with Crippen molar-refractivity contribution in [2.75, 3.05) is 18.4 Å². The van der Waals surface area contributed by atoms with Crippen LogP contribution in [0.15, 0.2) is 83.8 Å². The molecule has 0 unspecified atom stereocenters. The van der Waals surface area contributed by atoms with Crippen LogP contribution in [0.4, 0.5) is 5.69 Å². The molecule has 0 N–H and O–H groups in total. The minimum atomic E-state index is -3.71. The van der Waals surface area contributed by atoms with Crippen molar-refractivity contribution in [2.24, 2.45) is 0 Å². The van der Waals surface area contributed by atoms with Crippen LogP contribution in [0.1, 0.15) is 21.5 Å². The van der Waals surface area contributed by atoms with Crippen LogP contribution in [0.2, 0.25) is 0 Å². The lowest BCUT2D eigenvalue weighted by Crippen LogP contribution is -2.28. The molecule has 29 heavy (non-hydrogen) atoms. The second-order valence-electron chi connectivity index (χ2n) is 6.98. The van der Waals surface area contributed by atoms with Gasteiger partial charge in [0.15, 0.2) is 0 Å². The molecule has 0 atom stereocenters. The first kappa shape index (κ1) is 20.6. The average Bonchev–Trinajstić information content (AvgIpc) is 2.73. The van der Waals surface area contributed by atoms with Gasteiger partial charge in [-0.2, -0.15) is 0 Å². The number of sulfonamides is 1. The summed E-state index contributed by atoms with van der Waals surface area (Å²) in [4.78, 5) is 14.7. The monoisotopic (exact) mass is 408 g/mol. The van der Waals surface area contributed by atoms with Gasteiger partial charge >= 0.3 is 0 Å². The van der Waals surface area contributed by atoms with E-state index in [1.54, 1.807) is 60.5 Å². The van der Waals surface area contributed by atoms with Crippen LogP contribution in [0, 0.1) is 6.92 Å². The Bertz CT molecular complexity index is 1090. The number of hydrogen-bond acceptors (Lipinski definition) is 3. The Hall–Kier alpha value is -3.12. The first-order valence-electron chi connectivity index (χ1n) is 9.24. The van der Waals surface area contributed by atoms with Gasteiger partial charge in [0.1, 0.15) is 0 Å². The Balaban J connectivity index is 1.83. The van der Waals surface area contributed by atoms with Crippen LogP contribution in [0.3, 0.4) is 0 Å². The third-order valence-corrected chi connectivity index (χ3v) is 6.55. The van der Waals surface area contributed by atoms with E-state index in [1.165, 1.54) is 11.4 Å². The van der Waals surface area contributed by atoms with Crippen molar-refractivity contribution in [1.82, 2.24) is 4.90 Å². The summed E-state index contributed by atoms with van der Waals surface area (Å²) in [6.45, 7) is 2.38. The molecule has 0 bridgehead atoms. The summed E-state index contributed by atoms with van der Waals surface area (Å²) >= 11 is 0. The van der Waals surface area contributed by atoms with E-state index in [1.807, 2.05) is 37.3 Å². The molecule has 0 aliphatic carbocycles. The van der Waals surface area contributed by atoms with Crippen molar-refractivity contribution in [3.05, 3.63) is 95.6 Å². The number of rotatable bonds is 6. The van der Waals surface area contributed by atoms with Crippen LogP contribution in [-0.2, 0) is 16.6 Å². The molecule has 0 saturated carbocycles. The first-order chi connectivity index (χ1) is 13.8. The summed E-state index contributed by atoms with van der Waals surface area (Å²) in [5.41, 5.74) is 2.88. The summed E-state index contributed by atoms with van der Waals surface area (Å²) in [6.07, 6.45) is 0. The van der Waals surface area contributed by atoms with Crippen LogP contribution in [0.25, 0.3) is 0 Å². The van der Waals surface area contributed by atoms with E-state index in [-0.39, 0.29) is 10.8 Å². The number of amides is 1. The van der Waals surface area contributed by atoms with E-state index in [9.17, 15) is 13.2 Å². The molecule has 0 aliphatic rings. The molecule has 0 fully saturated rings. The molecule has 3 rings (SSSR count). The van der Waals surface area contributed by atoms with Gasteiger partial charge in [0.25, 0.3) is 15.9 Å². The molecule has 0 heterocycles. The van der Waals surface area contributed by atoms with Crippen molar-refractivity contribution in [2.45, 2.75) is 18.4 Å². The highest BCUT2D eigenvalue weighted by atomic mass is 32.2. The Morgan fingerprint density at radius 3 is 2.17 bits per heavy atom. The maximum Gasteiger partial charge on any atom is 0.264 e. The summed E-state index contributed by atoms with van der Waals surface area (Å²) in [7, 11) is -0.488. The third kappa shape index (κ3) is 4.66. The largest absolute Gasteiger partial charge is 0.337 e. The van der Waals surface area contributed by atoms with E-state index < -0.39 is 10.0 Å². The molecule has 3 aromatic rings. The molecule has 5 nitrogen and oxygen atoms in total. The number of carbonyl (C=O) groups excluding carboxylic acids is 1. The predicted molar refractivity (Wildman–Crippen MR) is 115 cm³/mol. The smallest absolute Gasteiger partial charge is 0.264 e. The van der Waals surface area contributed by atoms with Gasteiger partial charge in [-0.1, -0.05) is 54.1 Å². The maximum atomic E-state index is 12.9. The van der Waals surface area contributed by atoms with Crippen molar-refractivity contribution in [1.29, 1.82) is 0 Å². The molecule has 1 amide bonds. The van der Waals surface area contributed by atoms with E-state index in [4.69, 9.17) is 0 Å². The van der Waals surface area contributed by atoms with Crippen LogP contribution in [0.5, 0.6) is 0 Å². The van der Waals surface area contributed by atoms with E-state index in [2.05, 4.69) is 0 Å². The lowest BCUT2D eigenvalue weighted by atomic mass is 10.1. The van der Waals surface area contributed by atoms with Gasteiger partial charge < -0.3 is 4.90 Å². The van der Waals surface area contributed by atoms with E-state index >= 15 is 0 Å². The lowest BCUT2D eigenvalue weighted by Gasteiger charge is -2.21. The van der Waals surface area contributed by atoms with Gasteiger partial charge in [-0.15, -0.1) is 0 Å². The zero-order chi connectivity index (χ0) is 21.0. The molecule has 0 spiro atoms. The Morgan fingerprint density at radius 1 is 0.862 bits per heavy atom. The molecule has 0 saturated heterocycles. The summed E-state index contributed by atoms with van der Waals surface area (Å²) < 4.78 is 27.1. The quantitative estimate of drug-likeness (QED) is 0.617. The first-order valence-corrected chi connectivity index (χ1v) is 10.7. The Morgan fingerprint density at radius 2 is 1.52 bits per heavy atom. The molecule has 0 aromatic heterocycles. The highest BCUT2D eigenvalue weighted by Crippen LogP contribution is 2.24. The van der Waals surface area contributed by atoms with Crippen LogP contribution in [-0.4, -0.2) is 33.3 Å². The Kier molecular flexibility index (Phi) is 6.03. The third-order valence-electron chi connectivity index (χ3n) is 4.75. The highest BCUT2D eigenvalue weighted by molar-refractivity contribution is 7.92. The zero-order valence-corrected chi connectivity index (χ0v) is 17.6. The summed E-state index contributed by atoms with van der Waals surface area (Å²) in [5, 5.41) is 0. The SMILES string of the molecule is Cc1ccc(S(=O)(=O)N(C)c2cccc(C(=O)N(C)Cc3ccccc3)c2)cc1. The van der Waals surface area contributed by atoms with Gasteiger partial charge in [0, 0.05) is 26.2 Å². The van der Waals surface area contributed by atoms with Crippen molar-refractivity contribution >= 4 is 21.6 Å². The van der Waals surface area contributed by atoms with Crippen molar-refractivity contribution in [3.8, 4) is 0 Å². The van der Waals surface area contributed by atoms with Gasteiger partial charge in [0.05, 0.1) is 10.6 Å². The number of carbonyl (C=O) groups is 1. The van der Waals surface area contributed by atoms with Gasteiger partial charge in [0.2, 0.25) is 0 Å². The fraction of sp³-hybridized carbons (Fsp3) is 0.174. The van der Waals surface area contributed by atoms with Gasteiger partial charge in [-0.05, 0) is 42.8 Å². The average molecular weight is 409 g/mol. The molecular weight excluding hydrogens is 384 g/mol. The molecule has 3 aromatic carbocycles. The zero-order valence-electron chi connectivity index (χ0n) is 16.7. The molecular formula is C23H24N2O3S. The minimum Gasteiger partial charge on any atom is -0.337 e. The molecule has 150 valence electrons. The molecule has 0 aliphatic heterocycles. The highest BCUT2D eigenvalue weighted by Gasteiger charge is 2.22. The normalized spacial score (nSPS) is 11.1. The van der Waals surface area contributed by atoms with E-state index in [0.29, 0.717) is 17.8 Å². The van der Waals surface area contributed by atoms with Crippen molar-refractivity contribution in [3.63, 3.8) is 0 Å². The Labute approximate surface area is 172 Å². The maximum absolute atomic E-state index is 12.9. The van der Waals surface area contributed by atoms with Crippen molar-refractivity contribution < 1.29 is 13.2 Å². The van der Waals surface area contributed by atoms with Crippen LogP contribution < -0.4 is 4.31 Å². The second kappa shape index (κ2) is 8.49. The fourth-order valence-corrected chi connectivity index (χ4v) is 4.18. The molecule has 0 radical (unpaired) electrons. The number of nitrogens with zero attached hydrogens (tertiary/aromatic N) is 2. The topological polar surface area (TPSA) is 57.7 Å². The summed E-state index contributed by atoms with van der Waals surface area (Å²) in [6, 6.07) is 23.1. The number of hydrogen-bond donors (Lipinski definition) is 0. The number of anilines is 1. The van der Waals surface area contributed by atoms with Crippen LogP contribution >= 0.6 is 0 Å². The second-order valence-corrected chi connectivity index (χ2v) is 8.95. The van der Waals surface area contributed by atoms with Gasteiger partial charge in [-0.3, -0.25) is 9.10 Å². The number of aryl methyl sites for hydroxylation is 1. The predicted octanol–water partition coefficient (Wildman–Crippen LogP) is 4.09. The lowest BCUT2D eigenvalue weighted by molar-refractivity contribution is 0.0785. The fourth-order valence-electron chi connectivity index (χ4n) is 2.99. The van der Waals surface area contributed by atoms with Gasteiger partial charge in [-0.25, -0.2) is 8.42 Å².